The number of nitrogens with zero attached hydrogens (tertiary/aromatic N) is 3. The maximum absolute atomic E-state index is 12.5. The van der Waals surface area contributed by atoms with Gasteiger partial charge in [-0.15, -0.1) is 0 Å². The highest BCUT2D eigenvalue weighted by Crippen LogP contribution is 2.27. The van der Waals surface area contributed by atoms with Gasteiger partial charge in [0.2, 0.25) is 0 Å². The number of carbonyl (C=O) groups excluding carboxylic acids is 1. The minimum Gasteiger partial charge on any atom is -0.465 e. The van der Waals surface area contributed by atoms with Crippen LogP contribution in [0.25, 0.3) is 10.2 Å². The Morgan fingerprint density at radius 2 is 2.14 bits per heavy atom. The number of fused-ring (bicyclic) bond motifs is 1. The first-order valence-corrected chi connectivity index (χ1v) is 8.10. The molecule has 7 nitrogen and oxygen atoms in total. The third-order valence-corrected chi connectivity index (χ3v) is 3.99. The molecule has 0 amide bonds. The molecule has 22 heavy (non-hydrogen) atoms. The van der Waals surface area contributed by atoms with E-state index in [1.165, 1.54) is 16.0 Å². The SMILES string of the molecule is CCNc1nc2c(C(C)C)nn(CC(=O)OCC)c(=O)c2s1. The number of esters is 1. The molecule has 8 heteroatoms. The summed E-state index contributed by atoms with van der Waals surface area (Å²) in [6, 6.07) is 0. The van der Waals surface area contributed by atoms with Gasteiger partial charge in [-0.3, -0.25) is 9.59 Å². The molecule has 120 valence electrons. The van der Waals surface area contributed by atoms with E-state index in [0.717, 1.165) is 6.54 Å². The standard InChI is InChI=1S/C14H20N4O3S/c1-5-15-14-16-11-10(8(3)4)17-18(7-9(19)21-6-2)13(20)12(11)22-14/h8H,5-7H2,1-4H3,(H,15,16). The third-order valence-electron chi connectivity index (χ3n) is 2.99. The zero-order valence-electron chi connectivity index (χ0n) is 13.2. The molecule has 0 aliphatic carbocycles. The lowest BCUT2D eigenvalue weighted by Crippen LogP contribution is -2.28. The van der Waals surface area contributed by atoms with Crippen molar-refractivity contribution >= 4 is 32.7 Å². The average molecular weight is 324 g/mol. The molecule has 2 aromatic rings. The predicted molar refractivity (Wildman–Crippen MR) is 86.6 cm³/mol. The Bertz CT molecular complexity index is 735. The minimum atomic E-state index is -0.470. The van der Waals surface area contributed by atoms with E-state index in [0.29, 0.717) is 21.0 Å². The van der Waals surface area contributed by atoms with Crippen LogP contribution in [0.3, 0.4) is 0 Å². The van der Waals surface area contributed by atoms with E-state index >= 15 is 0 Å². The van der Waals surface area contributed by atoms with E-state index in [-0.39, 0.29) is 24.6 Å². The number of nitrogens with one attached hydrogen (secondary N) is 1. The largest absolute Gasteiger partial charge is 0.465 e. The highest BCUT2D eigenvalue weighted by atomic mass is 32.1. The molecule has 2 heterocycles. The van der Waals surface area contributed by atoms with Gasteiger partial charge in [-0.25, -0.2) is 9.67 Å². The number of carbonyl (C=O) groups is 1. The number of rotatable bonds is 6. The monoisotopic (exact) mass is 324 g/mol. The summed E-state index contributed by atoms with van der Waals surface area (Å²) in [4.78, 5) is 28.6. The third kappa shape index (κ3) is 3.27. The van der Waals surface area contributed by atoms with E-state index in [1.54, 1.807) is 6.92 Å². The van der Waals surface area contributed by atoms with Crippen molar-refractivity contribution in [3.05, 3.63) is 16.0 Å². The average Bonchev–Trinajstić information content (AvgIpc) is 2.86. The molecule has 0 aliphatic rings. The van der Waals surface area contributed by atoms with Gasteiger partial charge in [0.25, 0.3) is 5.56 Å². The molecule has 0 saturated heterocycles. The van der Waals surface area contributed by atoms with E-state index in [9.17, 15) is 9.59 Å². The molecule has 0 aromatic carbocycles. The molecule has 0 atom stereocenters. The predicted octanol–water partition coefficient (Wildman–Crippen LogP) is 1.97. The number of aromatic nitrogens is 3. The van der Waals surface area contributed by atoms with Crippen molar-refractivity contribution < 1.29 is 9.53 Å². The lowest BCUT2D eigenvalue weighted by Gasteiger charge is -2.09. The van der Waals surface area contributed by atoms with Crippen LogP contribution in [0.5, 0.6) is 0 Å². The lowest BCUT2D eigenvalue weighted by molar-refractivity contribution is -0.144. The summed E-state index contributed by atoms with van der Waals surface area (Å²) in [7, 11) is 0. The van der Waals surface area contributed by atoms with Crippen molar-refractivity contribution in [3.63, 3.8) is 0 Å². The van der Waals surface area contributed by atoms with Gasteiger partial charge >= 0.3 is 5.97 Å². The first-order valence-electron chi connectivity index (χ1n) is 7.28. The Balaban J connectivity index is 2.56. The molecule has 1 N–H and O–H groups in total. The van der Waals surface area contributed by atoms with Crippen molar-refractivity contribution in [1.82, 2.24) is 14.8 Å². The van der Waals surface area contributed by atoms with Crippen LogP contribution in [-0.2, 0) is 16.1 Å². The van der Waals surface area contributed by atoms with Crippen molar-refractivity contribution in [2.45, 2.75) is 40.2 Å². The summed E-state index contributed by atoms with van der Waals surface area (Å²) >= 11 is 1.29. The van der Waals surface area contributed by atoms with Crippen LogP contribution in [0.4, 0.5) is 5.13 Å². The Morgan fingerprint density at radius 1 is 1.41 bits per heavy atom. The first-order chi connectivity index (χ1) is 10.5. The number of anilines is 1. The van der Waals surface area contributed by atoms with Crippen LogP contribution in [0.2, 0.25) is 0 Å². The maximum Gasteiger partial charge on any atom is 0.327 e. The highest BCUT2D eigenvalue weighted by molar-refractivity contribution is 7.22. The van der Waals surface area contributed by atoms with Gasteiger partial charge in [-0.05, 0) is 19.8 Å². The van der Waals surface area contributed by atoms with E-state index < -0.39 is 5.97 Å². The fraction of sp³-hybridized carbons (Fsp3) is 0.571. The Labute approximate surface area is 132 Å². The molecular formula is C14H20N4O3S. The number of hydrogen-bond donors (Lipinski definition) is 1. The van der Waals surface area contributed by atoms with Gasteiger partial charge in [0.15, 0.2) is 5.13 Å². The molecule has 2 aromatic heterocycles. The minimum absolute atomic E-state index is 0.0909. The summed E-state index contributed by atoms with van der Waals surface area (Å²) in [6.45, 7) is 8.46. The van der Waals surface area contributed by atoms with Crippen molar-refractivity contribution in [3.8, 4) is 0 Å². The summed E-state index contributed by atoms with van der Waals surface area (Å²) in [5.74, 6) is -0.379. The van der Waals surface area contributed by atoms with Gasteiger partial charge in [-0.2, -0.15) is 5.10 Å². The van der Waals surface area contributed by atoms with E-state index in [2.05, 4.69) is 15.4 Å². The topological polar surface area (TPSA) is 86.1 Å². The van der Waals surface area contributed by atoms with Crippen LogP contribution < -0.4 is 10.9 Å². The number of hydrogen-bond acceptors (Lipinski definition) is 7. The fourth-order valence-corrected chi connectivity index (χ4v) is 3.02. The zero-order valence-corrected chi connectivity index (χ0v) is 14.0. The van der Waals surface area contributed by atoms with Crippen molar-refractivity contribution in [2.75, 3.05) is 18.5 Å². The first kappa shape index (κ1) is 16.4. The van der Waals surface area contributed by atoms with Crippen molar-refractivity contribution in [1.29, 1.82) is 0 Å². The van der Waals surface area contributed by atoms with Gasteiger partial charge < -0.3 is 10.1 Å². The lowest BCUT2D eigenvalue weighted by atomic mass is 10.1. The molecule has 2 rings (SSSR count). The molecule has 0 spiro atoms. The highest BCUT2D eigenvalue weighted by Gasteiger charge is 2.19. The van der Waals surface area contributed by atoms with Crippen LogP contribution in [0, 0.1) is 0 Å². The van der Waals surface area contributed by atoms with Gasteiger partial charge in [0.1, 0.15) is 16.8 Å². The van der Waals surface area contributed by atoms with E-state index in [4.69, 9.17) is 4.74 Å². The Hall–Kier alpha value is -1.96. The Kier molecular flexibility index (Phi) is 5.12. The smallest absolute Gasteiger partial charge is 0.327 e. The van der Waals surface area contributed by atoms with E-state index in [1.807, 2.05) is 20.8 Å². The van der Waals surface area contributed by atoms with Crippen LogP contribution in [0.15, 0.2) is 4.79 Å². The van der Waals surface area contributed by atoms with Crippen LogP contribution in [-0.4, -0.2) is 33.9 Å². The molecule has 0 fully saturated rings. The Morgan fingerprint density at radius 3 is 2.73 bits per heavy atom. The van der Waals surface area contributed by atoms with Crippen LogP contribution >= 0.6 is 11.3 Å². The van der Waals surface area contributed by atoms with Crippen molar-refractivity contribution in [2.24, 2.45) is 0 Å². The molecule has 0 saturated carbocycles. The summed E-state index contributed by atoms with van der Waals surface area (Å²) in [5.41, 5.74) is 1.01. The van der Waals surface area contributed by atoms with Crippen LogP contribution in [0.1, 0.15) is 39.3 Å². The summed E-state index contributed by atoms with van der Waals surface area (Å²) in [5, 5.41) is 8.11. The second-order valence-electron chi connectivity index (χ2n) is 5.03. The summed E-state index contributed by atoms with van der Waals surface area (Å²) < 4.78 is 6.58. The summed E-state index contributed by atoms with van der Waals surface area (Å²) in [6.07, 6.45) is 0. The van der Waals surface area contributed by atoms with Gasteiger partial charge in [0.05, 0.1) is 12.3 Å². The zero-order chi connectivity index (χ0) is 16.3. The quantitative estimate of drug-likeness (QED) is 0.818. The fourth-order valence-electron chi connectivity index (χ4n) is 2.03. The molecule has 0 aliphatic heterocycles. The maximum atomic E-state index is 12.5. The number of ether oxygens (including phenoxy) is 1. The second-order valence-corrected chi connectivity index (χ2v) is 6.03. The molecular weight excluding hydrogens is 304 g/mol. The number of thiazole rings is 1. The normalized spacial score (nSPS) is 11.1. The molecule has 0 radical (unpaired) electrons. The van der Waals surface area contributed by atoms with Gasteiger partial charge in [0, 0.05) is 6.54 Å². The molecule has 0 unspecified atom stereocenters. The second kappa shape index (κ2) is 6.87. The van der Waals surface area contributed by atoms with Gasteiger partial charge in [-0.1, -0.05) is 25.2 Å². The molecule has 0 bridgehead atoms.